The molecule has 0 aliphatic heterocycles. The number of benzene rings is 1. The van der Waals surface area contributed by atoms with Crippen LogP contribution in [0.1, 0.15) is 18.4 Å². The van der Waals surface area contributed by atoms with Crippen LogP contribution >= 0.6 is 0 Å². The molecule has 2 nitrogen and oxygen atoms in total. The summed E-state index contributed by atoms with van der Waals surface area (Å²) < 4.78 is 5.29. The monoisotopic (exact) mass is 193 g/mol. The maximum atomic E-state index is 5.29. The summed E-state index contributed by atoms with van der Waals surface area (Å²) in [4.78, 5) is 0. The first-order valence-electron chi connectivity index (χ1n) is 5.15. The molecule has 0 saturated carbocycles. The van der Waals surface area contributed by atoms with Crippen LogP contribution in [0.2, 0.25) is 0 Å². The smallest absolute Gasteiger partial charge is 0.122 e. The van der Waals surface area contributed by atoms with Crippen molar-refractivity contribution in [1.82, 2.24) is 5.32 Å². The first kappa shape index (κ1) is 11.1. The molecule has 0 heterocycles. The molecule has 0 fully saturated rings. The predicted octanol–water partition coefficient (Wildman–Crippen LogP) is 2.24. The van der Waals surface area contributed by atoms with Gasteiger partial charge in [-0.25, -0.2) is 0 Å². The zero-order valence-electron chi connectivity index (χ0n) is 9.05. The van der Waals surface area contributed by atoms with Crippen LogP contribution in [-0.2, 0) is 6.42 Å². The van der Waals surface area contributed by atoms with Gasteiger partial charge in [-0.1, -0.05) is 18.2 Å². The summed E-state index contributed by atoms with van der Waals surface area (Å²) in [6.07, 6.45) is 3.53. The second kappa shape index (κ2) is 6.44. The molecular weight excluding hydrogens is 174 g/mol. The molecule has 1 aromatic rings. The summed E-state index contributed by atoms with van der Waals surface area (Å²) in [7, 11) is 3.72. The Labute approximate surface area is 86.3 Å². The first-order chi connectivity index (χ1) is 6.88. The third-order valence-corrected chi connectivity index (χ3v) is 2.32. The van der Waals surface area contributed by atoms with E-state index in [1.54, 1.807) is 7.11 Å². The Kier molecular flexibility index (Phi) is 5.08. The molecule has 14 heavy (non-hydrogen) atoms. The fourth-order valence-electron chi connectivity index (χ4n) is 1.53. The van der Waals surface area contributed by atoms with Gasteiger partial charge in [0.15, 0.2) is 0 Å². The lowest BCUT2D eigenvalue weighted by atomic mass is 10.1. The van der Waals surface area contributed by atoms with E-state index < -0.39 is 0 Å². The van der Waals surface area contributed by atoms with Gasteiger partial charge >= 0.3 is 0 Å². The second-order valence-electron chi connectivity index (χ2n) is 3.37. The molecule has 78 valence electrons. The molecular formula is C12H19NO. The van der Waals surface area contributed by atoms with E-state index in [-0.39, 0.29) is 0 Å². The lowest BCUT2D eigenvalue weighted by molar-refractivity contribution is 0.409. The third-order valence-electron chi connectivity index (χ3n) is 2.32. The number of unbranched alkanes of at least 4 members (excludes halogenated alkanes) is 1. The number of hydrogen-bond acceptors (Lipinski definition) is 2. The van der Waals surface area contributed by atoms with Gasteiger partial charge in [0, 0.05) is 0 Å². The average Bonchev–Trinajstić information content (AvgIpc) is 2.25. The van der Waals surface area contributed by atoms with Gasteiger partial charge in [0.05, 0.1) is 7.11 Å². The van der Waals surface area contributed by atoms with Gasteiger partial charge in [-0.3, -0.25) is 0 Å². The molecule has 0 aliphatic carbocycles. The average molecular weight is 193 g/mol. The quantitative estimate of drug-likeness (QED) is 0.700. The fraction of sp³-hybridized carbons (Fsp3) is 0.500. The van der Waals surface area contributed by atoms with Crippen molar-refractivity contribution in [2.24, 2.45) is 0 Å². The molecule has 0 aromatic heterocycles. The van der Waals surface area contributed by atoms with E-state index in [2.05, 4.69) is 17.4 Å². The van der Waals surface area contributed by atoms with E-state index in [0.717, 1.165) is 18.7 Å². The summed E-state index contributed by atoms with van der Waals surface area (Å²) in [5, 5.41) is 3.15. The van der Waals surface area contributed by atoms with Crippen molar-refractivity contribution in [3.05, 3.63) is 29.8 Å². The van der Waals surface area contributed by atoms with E-state index in [0.29, 0.717) is 0 Å². The molecule has 1 aromatic carbocycles. The highest BCUT2D eigenvalue weighted by Crippen LogP contribution is 2.19. The second-order valence-corrected chi connectivity index (χ2v) is 3.37. The zero-order valence-corrected chi connectivity index (χ0v) is 9.05. The molecule has 2 heteroatoms. The predicted molar refractivity (Wildman–Crippen MR) is 59.9 cm³/mol. The number of methoxy groups -OCH3 is 1. The van der Waals surface area contributed by atoms with Crippen molar-refractivity contribution >= 4 is 0 Å². The topological polar surface area (TPSA) is 21.3 Å². The molecule has 0 amide bonds. The van der Waals surface area contributed by atoms with Crippen molar-refractivity contribution in [2.45, 2.75) is 19.3 Å². The number of aryl methyl sites for hydroxylation is 1. The highest BCUT2D eigenvalue weighted by atomic mass is 16.5. The van der Waals surface area contributed by atoms with E-state index in [4.69, 9.17) is 4.74 Å². The van der Waals surface area contributed by atoms with Gasteiger partial charge in [0.1, 0.15) is 5.75 Å². The normalized spacial score (nSPS) is 10.1. The Bertz CT molecular complexity index is 260. The standard InChI is InChI=1S/C12H19NO/c1-13-10-6-5-8-11-7-3-4-9-12(11)14-2/h3-4,7,9,13H,5-6,8,10H2,1-2H3. The van der Waals surface area contributed by atoms with Crippen LogP contribution in [0, 0.1) is 0 Å². The third kappa shape index (κ3) is 3.38. The van der Waals surface area contributed by atoms with Crippen molar-refractivity contribution in [3.8, 4) is 5.75 Å². The Morgan fingerprint density at radius 3 is 2.71 bits per heavy atom. The number of nitrogens with one attached hydrogen (secondary N) is 1. The van der Waals surface area contributed by atoms with Crippen LogP contribution in [0.5, 0.6) is 5.75 Å². The molecule has 0 bridgehead atoms. The zero-order chi connectivity index (χ0) is 10.2. The van der Waals surface area contributed by atoms with Crippen LogP contribution in [0.25, 0.3) is 0 Å². The van der Waals surface area contributed by atoms with Crippen LogP contribution in [0.4, 0.5) is 0 Å². The summed E-state index contributed by atoms with van der Waals surface area (Å²) in [5.41, 5.74) is 1.31. The summed E-state index contributed by atoms with van der Waals surface area (Å²) in [6, 6.07) is 8.23. The van der Waals surface area contributed by atoms with Gasteiger partial charge in [-0.15, -0.1) is 0 Å². The van der Waals surface area contributed by atoms with E-state index >= 15 is 0 Å². The highest BCUT2D eigenvalue weighted by Gasteiger charge is 2.00. The molecule has 0 spiro atoms. The van der Waals surface area contributed by atoms with Crippen molar-refractivity contribution < 1.29 is 4.74 Å². The largest absolute Gasteiger partial charge is 0.496 e. The minimum Gasteiger partial charge on any atom is -0.496 e. The SMILES string of the molecule is CNCCCCc1ccccc1OC. The van der Waals surface area contributed by atoms with Crippen LogP contribution in [0.3, 0.4) is 0 Å². The number of hydrogen-bond donors (Lipinski definition) is 1. The maximum Gasteiger partial charge on any atom is 0.122 e. The molecule has 0 atom stereocenters. The molecule has 0 aliphatic rings. The van der Waals surface area contributed by atoms with Crippen LogP contribution in [0.15, 0.2) is 24.3 Å². The Morgan fingerprint density at radius 2 is 2.00 bits per heavy atom. The van der Waals surface area contributed by atoms with E-state index in [1.165, 1.54) is 18.4 Å². The van der Waals surface area contributed by atoms with E-state index in [1.807, 2.05) is 19.2 Å². The van der Waals surface area contributed by atoms with Crippen LogP contribution in [-0.4, -0.2) is 20.7 Å². The van der Waals surface area contributed by atoms with Gasteiger partial charge in [0.2, 0.25) is 0 Å². The fourth-order valence-corrected chi connectivity index (χ4v) is 1.53. The van der Waals surface area contributed by atoms with Crippen molar-refractivity contribution in [1.29, 1.82) is 0 Å². The van der Waals surface area contributed by atoms with Crippen molar-refractivity contribution in [2.75, 3.05) is 20.7 Å². The highest BCUT2D eigenvalue weighted by molar-refractivity contribution is 5.33. The summed E-state index contributed by atoms with van der Waals surface area (Å²) >= 11 is 0. The summed E-state index contributed by atoms with van der Waals surface area (Å²) in [5.74, 6) is 1.01. The molecule has 0 radical (unpaired) electrons. The minimum atomic E-state index is 1.01. The summed E-state index contributed by atoms with van der Waals surface area (Å²) in [6.45, 7) is 1.09. The van der Waals surface area contributed by atoms with Crippen molar-refractivity contribution in [3.63, 3.8) is 0 Å². The number of para-hydroxylation sites is 1. The minimum absolute atomic E-state index is 1.01. The van der Waals surface area contributed by atoms with Gasteiger partial charge in [0.25, 0.3) is 0 Å². The molecule has 0 unspecified atom stereocenters. The number of rotatable bonds is 6. The lowest BCUT2D eigenvalue weighted by Gasteiger charge is -2.07. The van der Waals surface area contributed by atoms with Gasteiger partial charge in [-0.2, -0.15) is 0 Å². The molecule has 1 rings (SSSR count). The number of ether oxygens (including phenoxy) is 1. The maximum absolute atomic E-state index is 5.29. The van der Waals surface area contributed by atoms with Crippen LogP contribution < -0.4 is 10.1 Å². The Morgan fingerprint density at radius 1 is 1.21 bits per heavy atom. The van der Waals surface area contributed by atoms with Gasteiger partial charge in [-0.05, 0) is 44.5 Å². The first-order valence-corrected chi connectivity index (χ1v) is 5.15. The lowest BCUT2D eigenvalue weighted by Crippen LogP contribution is -2.07. The Hall–Kier alpha value is -1.02. The molecule has 1 N–H and O–H groups in total. The van der Waals surface area contributed by atoms with E-state index in [9.17, 15) is 0 Å². The Balaban J connectivity index is 2.41. The van der Waals surface area contributed by atoms with Gasteiger partial charge < -0.3 is 10.1 Å². The molecule has 0 saturated heterocycles.